The molecule has 0 spiro atoms. The van der Waals surface area contributed by atoms with Crippen LogP contribution in [0.15, 0.2) is 18.2 Å². The minimum atomic E-state index is -0.838. The Hall–Kier alpha value is -1.17. The summed E-state index contributed by atoms with van der Waals surface area (Å²) < 4.78 is 18.0. The molecule has 1 aromatic rings. The van der Waals surface area contributed by atoms with E-state index in [1.807, 2.05) is 0 Å². The predicted octanol–water partition coefficient (Wildman–Crippen LogP) is 1.22. The summed E-state index contributed by atoms with van der Waals surface area (Å²) in [6.45, 7) is 0.0582. The van der Waals surface area contributed by atoms with Gasteiger partial charge in [0.25, 0.3) is 5.91 Å². The molecule has 1 rings (SSSR count). The van der Waals surface area contributed by atoms with E-state index in [4.69, 9.17) is 11.6 Å². The summed E-state index contributed by atoms with van der Waals surface area (Å²) in [6, 6.07) is 3.98. The molecule has 94 valence electrons. The second-order valence-electron chi connectivity index (χ2n) is 3.42. The van der Waals surface area contributed by atoms with E-state index in [0.29, 0.717) is 0 Å². The summed E-state index contributed by atoms with van der Waals surface area (Å²) >= 11 is 5.71. The zero-order valence-electron chi connectivity index (χ0n) is 9.24. The standard InChI is InChI=1S/C11H13ClFNO3/c1-17-6-7(15)5-14-11(16)10-8(12)3-2-4-9(10)13/h2-4,7,15H,5-6H2,1H3,(H,14,16). The van der Waals surface area contributed by atoms with E-state index in [1.54, 1.807) is 0 Å². The maximum Gasteiger partial charge on any atom is 0.255 e. The lowest BCUT2D eigenvalue weighted by Gasteiger charge is -2.11. The highest BCUT2D eigenvalue weighted by Crippen LogP contribution is 2.18. The number of amides is 1. The Morgan fingerprint density at radius 1 is 1.65 bits per heavy atom. The van der Waals surface area contributed by atoms with Gasteiger partial charge in [-0.05, 0) is 12.1 Å². The second-order valence-corrected chi connectivity index (χ2v) is 3.82. The third-order valence-corrected chi connectivity index (χ3v) is 2.36. The smallest absolute Gasteiger partial charge is 0.255 e. The number of hydrogen-bond donors (Lipinski definition) is 2. The van der Waals surface area contributed by atoms with Crippen molar-refractivity contribution in [1.29, 1.82) is 0 Å². The number of halogens is 2. The molecule has 0 radical (unpaired) electrons. The van der Waals surface area contributed by atoms with Crippen molar-refractivity contribution in [3.05, 3.63) is 34.6 Å². The van der Waals surface area contributed by atoms with E-state index in [1.165, 1.54) is 19.2 Å². The molecular formula is C11H13ClFNO3. The van der Waals surface area contributed by atoms with Crippen LogP contribution < -0.4 is 5.32 Å². The number of aliphatic hydroxyl groups is 1. The molecular weight excluding hydrogens is 249 g/mol. The van der Waals surface area contributed by atoms with E-state index >= 15 is 0 Å². The van der Waals surface area contributed by atoms with Crippen molar-refractivity contribution < 1.29 is 19.0 Å². The zero-order chi connectivity index (χ0) is 12.8. The molecule has 2 N–H and O–H groups in total. The molecule has 17 heavy (non-hydrogen) atoms. The first-order valence-corrected chi connectivity index (χ1v) is 5.33. The number of carbonyl (C=O) groups is 1. The molecule has 0 aromatic heterocycles. The van der Waals surface area contributed by atoms with Crippen LogP contribution in [0.1, 0.15) is 10.4 Å². The third kappa shape index (κ3) is 3.96. The van der Waals surface area contributed by atoms with Gasteiger partial charge in [-0.2, -0.15) is 0 Å². The van der Waals surface area contributed by atoms with Crippen LogP contribution in [0.3, 0.4) is 0 Å². The summed E-state index contributed by atoms with van der Waals surface area (Å²) in [5.41, 5.74) is -0.223. The first-order chi connectivity index (χ1) is 8.06. The fourth-order valence-corrected chi connectivity index (χ4v) is 1.51. The molecule has 1 unspecified atom stereocenters. The Balaban J connectivity index is 2.64. The van der Waals surface area contributed by atoms with Gasteiger partial charge >= 0.3 is 0 Å². The lowest BCUT2D eigenvalue weighted by atomic mass is 10.2. The van der Waals surface area contributed by atoms with Gasteiger partial charge in [0.2, 0.25) is 0 Å². The number of aliphatic hydroxyl groups excluding tert-OH is 1. The van der Waals surface area contributed by atoms with Crippen LogP contribution >= 0.6 is 11.6 Å². The topological polar surface area (TPSA) is 58.6 Å². The molecule has 1 amide bonds. The average molecular weight is 262 g/mol. The lowest BCUT2D eigenvalue weighted by molar-refractivity contribution is 0.0609. The van der Waals surface area contributed by atoms with Crippen LogP contribution in [0.4, 0.5) is 4.39 Å². The highest BCUT2D eigenvalue weighted by Gasteiger charge is 2.16. The van der Waals surface area contributed by atoms with E-state index in [9.17, 15) is 14.3 Å². The first kappa shape index (κ1) is 13.9. The fourth-order valence-electron chi connectivity index (χ4n) is 1.26. The van der Waals surface area contributed by atoms with Crippen molar-refractivity contribution in [2.24, 2.45) is 0 Å². The maximum absolute atomic E-state index is 13.3. The van der Waals surface area contributed by atoms with Crippen LogP contribution in [-0.4, -0.2) is 37.4 Å². The van der Waals surface area contributed by atoms with Crippen LogP contribution in [0, 0.1) is 5.82 Å². The summed E-state index contributed by atoms with van der Waals surface area (Å²) in [5.74, 6) is -1.36. The van der Waals surface area contributed by atoms with Gasteiger partial charge in [0.15, 0.2) is 0 Å². The normalized spacial score (nSPS) is 12.2. The van der Waals surface area contributed by atoms with E-state index in [0.717, 1.165) is 6.07 Å². The molecule has 0 aliphatic rings. The first-order valence-electron chi connectivity index (χ1n) is 4.95. The highest BCUT2D eigenvalue weighted by atomic mass is 35.5. The number of nitrogens with one attached hydrogen (secondary N) is 1. The average Bonchev–Trinajstić information content (AvgIpc) is 2.26. The molecule has 4 nitrogen and oxygen atoms in total. The van der Waals surface area contributed by atoms with Crippen molar-refractivity contribution in [3.8, 4) is 0 Å². The number of rotatable bonds is 5. The Bertz CT molecular complexity index is 380. The maximum atomic E-state index is 13.3. The quantitative estimate of drug-likeness (QED) is 0.838. The second kappa shape index (κ2) is 6.54. The fraction of sp³-hybridized carbons (Fsp3) is 0.364. The van der Waals surface area contributed by atoms with Gasteiger partial charge in [0, 0.05) is 13.7 Å². The Morgan fingerprint density at radius 3 is 2.94 bits per heavy atom. The van der Waals surface area contributed by atoms with Crippen LogP contribution in [0.2, 0.25) is 5.02 Å². The van der Waals surface area contributed by atoms with Crippen molar-refractivity contribution in [1.82, 2.24) is 5.32 Å². The van der Waals surface area contributed by atoms with Crippen LogP contribution in [0.5, 0.6) is 0 Å². The van der Waals surface area contributed by atoms with Crippen LogP contribution in [0.25, 0.3) is 0 Å². The van der Waals surface area contributed by atoms with Gasteiger partial charge in [0.05, 0.1) is 23.3 Å². The zero-order valence-corrected chi connectivity index (χ0v) is 10.00. The van der Waals surface area contributed by atoms with Crippen molar-refractivity contribution >= 4 is 17.5 Å². The predicted molar refractivity (Wildman–Crippen MR) is 61.6 cm³/mol. The SMILES string of the molecule is COCC(O)CNC(=O)c1c(F)cccc1Cl. The van der Waals surface area contributed by atoms with Gasteiger partial charge in [0.1, 0.15) is 5.82 Å². The molecule has 1 aromatic carbocycles. The van der Waals surface area contributed by atoms with Gasteiger partial charge in [-0.25, -0.2) is 4.39 Å². The lowest BCUT2D eigenvalue weighted by Crippen LogP contribution is -2.34. The van der Waals surface area contributed by atoms with Gasteiger partial charge in [-0.3, -0.25) is 4.79 Å². The summed E-state index contributed by atoms with van der Waals surface area (Å²) in [4.78, 5) is 11.6. The van der Waals surface area contributed by atoms with Crippen molar-refractivity contribution in [2.75, 3.05) is 20.3 Å². The summed E-state index contributed by atoms with van der Waals surface area (Å²) in [6.07, 6.45) is -0.838. The minimum Gasteiger partial charge on any atom is -0.389 e. The highest BCUT2D eigenvalue weighted by molar-refractivity contribution is 6.33. The minimum absolute atomic E-state index is 0.0304. The number of ether oxygens (including phenoxy) is 1. The monoisotopic (exact) mass is 261 g/mol. The van der Waals surface area contributed by atoms with Crippen LogP contribution in [-0.2, 0) is 4.74 Å². The number of benzene rings is 1. The van der Waals surface area contributed by atoms with Gasteiger partial charge < -0.3 is 15.2 Å². The third-order valence-electron chi connectivity index (χ3n) is 2.05. The summed E-state index contributed by atoms with van der Waals surface area (Å²) in [7, 11) is 1.43. The molecule has 0 saturated heterocycles. The molecule has 0 aliphatic carbocycles. The Morgan fingerprint density at radius 2 is 2.35 bits per heavy atom. The molecule has 0 heterocycles. The molecule has 6 heteroatoms. The van der Waals surface area contributed by atoms with E-state index in [-0.39, 0.29) is 23.7 Å². The van der Waals surface area contributed by atoms with E-state index in [2.05, 4.69) is 10.1 Å². The number of hydrogen-bond acceptors (Lipinski definition) is 3. The Kier molecular flexibility index (Phi) is 5.34. The number of carbonyl (C=O) groups excluding carboxylic acids is 1. The molecule has 0 saturated carbocycles. The molecule has 0 aliphatic heterocycles. The van der Waals surface area contributed by atoms with Crippen molar-refractivity contribution in [3.63, 3.8) is 0 Å². The van der Waals surface area contributed by atoms with E-state index < -0.39 is 17.8 Å². The summed E-state index contributed by atoms with van der Waals surface area (Å²) in [5, 5.41) is 11.7. The van der Waals surface area contributed by atoms with Gasteiger partial charge in [-0.15, -0.1) is 0 Å². The molecule has 0 bridgehead atoms. The van der Waals surface area contributed by atoms with Crippen molar-refractivity contribution in [2.45, 2.75) is 6.10 Å². The largest absolute Gasteiger partial charge is 0.389 e. The molecule has 1 atom stereocenters. The number of methoxy groups -OCH3 is 1. The molecule has 0 fully saturated rings. The Labute approximate surface area is 103 Å². The van der Waals surface area contributed by atoms with Gasteiger partial charge in [-0.1, -0.05) is 17.7 Å².